The first-order valence-electron chi connectivity index (χ1n) is 7.48. The molecule has 2 amide bonds. The lowest BCUT2D eigenvalue weighted by Crippen LogP contribution is -2.63. The summed E-state index contributed by atoms with van der Waals surface area (Å²) in [5, 5.41) is 74.7. The first-order valence-corrected chi connectivity index (χ1v) is 7.48. The van der Waals surface area contributed by atoms with Gasteiger partial charge in [0.25, 0.3) is 0 Å². The molecule has 0 rings (SSSR count). The molecular formula is C13H28N2O9. The SMILES string of the molecule is O=C(N(C(CO)CO)C(CO)CO)N(C(CO)CO)C(CO)CO. The molecule has 0 spiro atoms. The highest BCUT2D eigenvalue weighted by Crippen LogP contribution is 2.16. The Labute approximate surface area is 139 Å². The van der Waals surface area contributed by atoms with Crippen molar-refractivity contribution >= 4 is 6.03 Å². The predicted molar refractivity (Wildman–Crippen MR) is 80.9 cm³/mol. The Hall–Kier alpha value is -1.05. The second kappa shape index (κ2) is 12.3. The number of nitrogens with zero attached hydrogens (tertiary/aromatic N) is 2. The number of carbonyl (C=O) groups excluding carboxylic acids is 1. The standard InChI is InChI=1S/C13H28N2O9/c16-1-9(2-17)14(10(3-18)4-19)13(24)15(11(5-20)6-21)12(7-22)8-23/h9-12,16-23H,1-8H2. The fourth-order valence-electron chi connectivity index (χ4n) is 2.29. The maximum absolute atomic E-state index is 12.8. The van der Waals surface area contributed by atoms with Crippen LogP contribution in [-0.2, 0) is 0 Å². The van der Waals surface area contributed by atoms with Crippen molar-refractivity contribution < 1.29 is 45.6 Å². The van der Waals surface area contributed by atoms with E-state index in [4.69, 9.17) is 0 Å². The summed E-state index contributed by atoms with van der Waals surface area (Å²) >= 11 is 0. The Bertz CT molecular complexity index is 277. The molecule has 0 saturated heterocycles. The lowest BCUT2D eigenvalue weighted by molar-refractivity contribution is -0.0208. The first-order chi connectivity index (χ1) is 11.5. The van der Waals surface area contributed by atoms with Gasteiger partial charge in [-0.25, -0.2) is 4.79 Å². The van der Waals surface area contributed by atoms with Gasteiger partial charge in [-0.3, -0.25) is 0 Å². The lowest BCUT2D eigenvalue weighted by atomic mass is 10.1. The van der Waals surface area contributed by atoms with E-state index in [1.54, 1.807) is 0 Å². The summed E-state index contributed by atoms with van der Waals surface area (Å²) in [4.78, 5) is 14.4. The zero-order valence-corrected chi connectivity index (χ0v) is 13.3. The second-order valence-corrected chi connectivity index (χ2v) is 5.17. The molecule has 144 valence electrons. The third-order valence-electron chi connectivity index (χ3n) is 3.70. The Morgan fingerprint density at radius 3 is 0.792 bits per heavy atom. The summed E-state index contributed by atoms with van der Waals surface area (Å²) in [5.74, 6) is 0. The zero-order valence-electron chi connectivity index (χ0n) is 13.3. The van der Waals surface area contributed by atoms with Gasteiger partial charge in [-0.2, -0.15) is 0 Å². The maximum atomic E-state index is 12.8. The zero-order chi connectivity index (χ0) is 18.7. The first kappa shape index (κ1) is 22.9. The maximum Gasteiger partial charge on any atom is 0.321 e. The van der Waals surface area contributed by atoms with Gasteiger partial charge in [0.1, 0.15) is 0 Å². The molecule has 0 aromatic carbocycles. The quantitative estimate of drug-likeness (QED) is 0.170. The van der Waals surface area contributed by atoms with E-state index in [0.717, 1.165) is 9.80 Å². The number of hydrogen-bond acceptors (Lipinski definition) is 9. The van der Waals surface area contributed by atoms with Crippen LogP contribution in [0.5, 0.6) is 0 Å². The number of aliphatic hydroxyl groups excluding tert-OH is 8. The van der Waals surface area contributed by atoms with Crippen LogP contribution in [0.4, 0.5) is 4.79 Å². The highest BCUT2D eigenvalue weighted by molar-refractivity contribution is 5.76. The molecule has 0 aliphatic carbocycles. The van der Waals surface area contributed by atoms with E-state index < -0.39 is 83.1 Å². The summed E-state index contributed by atoms with van der Waals surface area (Å²) in [6.07, 6.45) is 0. The lowest BCUT2D eigenvalue weighted by Gasteiger charge is -2.43. The molecule has 11 heteroatoms. The number of aliphatic hydroxyl groups is 8. The molecular weight excluding hydrogens is 328 g/mol. The summed E-state index contributed by atoms with van der Waals surface area (Å²) in [5.41, 5.74) is 0. The van der Waals surface area contributed by atoms with Crippen LogP contribution in [0.15, 0.2) is 0 Å². The van der Waals surface area contributed by atoms with E-state index in [1.165, 1.54) is 0 Å². The van der Waals surface area contributed by atoms with Gasteiger partial charge in [0.15, 0.2) is 0 Å². The Kier molecular flexibility index (Phi) is 11.8. The summed E-state index contributed by atoms with van der Waals surface area (Å²) < 4.78 is 0. The summed E-state index contributed by atoms with van der Waals surface area (Å²) in [6.45, 7) is -5.46. The smallest absolute Gasteiger partial charge is 0.321 e. The fraction of sp³-hybridized carbons (Fsp3) is 0.923. The van der Waals surface area contributed by atoms with Gasteiger partial charge < -0.3 is 50.7 Å². The average molecular weight is 356 g/mol. The van der Waals surface area contributed by atoms with E-state index in [9.17, 15) is 45.6 Å². The average Bonchev–Trinajstić information content (AvgIpc) is 2.62. The molecule has 11 nitrogen and oxygen atoms in total. The van der Waals surface area contributed by atoms with E-state index in [1.807, 2.05) is 0 Å². The minimum Gasteiger partial charge on any atom is -0.394 e. The minimum atomic E-state index is -1.18. The number of carbonyl (C=O) groups is 1. The Balaban J connectivity index is 5.86. The van der Waals surface area contributed by atoms with Gasteiger partial charge >= 0.3 is 6.03 Å². The van der Waals surface area contributed by atoms with Gasteiger partial charge in [0.2, 0.25) is 0 Å². The monoisotopic (exact) mass is 356 g/mol. The largest absolute Gasteiger partial charge is 0.394 e. The number of hydrogen-bond donors (Lipinski definition) is 8. The molecule has 0 aromatic rings. The molecule has 0 atom stereocenters. The van der Waals surface area contributed by atoms with Crippen molar-refractivity contribution in [2.45, 2.75) is 24.2 Å². The summed E-state index contributed by atoms with van der Waals surface area (Å²) in [7, 11) is 0. The molecule has 0 aliphatic rings. The van der Waals surface area contributed by atoms with Crippen LogP contribution >= 0.6 is 0 Å². The second-order valence-electron chi connectivity index (χ2n) is 5.17. The van der Waals surface area contributed by atoms with Crippen LogP contribution in [0.1, 0.15) is 0 Å². The molecule has 8 N–H and O–H groups in total. The molecule has 0 fully saturated rings. The van der Waals surface area contributed by atoms with Crippen LogP contribution in [0.25, 0.3) is 0 Å². The third kappa shape index (κ3) is 5.50. The van der Waals surface area contributed by atoms with Crippen molar-refractivity contribution in [2.75, 3.05) is 52.9 Å². The van der Waals surface area contributed by atoms with Crippen LogP contribution in [0.2, 0.25) is 0 Å². The minimum absolute atomic E-state index is 0.682. The predicted octanol–water partition coefficient (Wildman–Crippen LogP) is -4.88. The Morgan fingerprint density at radius 1 is 0.500 bits per heavy atom. The van der Waals surface area contributed by atoms with E-state index >= 15 is 0 Å². The van der Waals surface area contributed by atoms with Gasteiger partial charge in [0, 0.05) is 0 Å². The molecule has 0 saturated carbocycles. The highest BCUT2D eigenvalue weighted by atomic mass is 16.3. The number of rotatable bonds is 12. The molecule has 0 radical (unpaired) electrons. The van der Waals surface area contributed by atoms with E-state index in [-0.39, 0.29) is 0 Å². The number of urea groups is 1. The van der Waals surface area contributed by atoms with Crippen molar-refractivity contribution in [2.24, 2.45) is 0 Å². The molecule has 0 unspecified atom stereocenters. The normalized spacial score (nSPS) is 11.8. The molecule has 0 aromatic heterocycles. The molecule has 24 heavy (non-hydrogen) atoms. The van der Waals surface area contributed by atoms with E-state index in [0.29, 0.717) is 0 Å². The van der Waals surface area contributed by atoms with Gasteiger partial charge in [-0.1, -0.05) is 0 Å². The van der Waals surface area contributed by atoms with E-state index in [2.05, 4.69) is 0 Å². The van der Waals surface area contributed by atoms with Crippen molar-refractivity contribution in [1.29, 1.82) is 0 Å². The topological polar surface area (TPSA) is 185 Å². The van der Waals surface area contributed by atoms with Gasteiger partial charge in [0.05, 0.1) is 77.0 Å². The Morgan fingerprint density at radius 2 is 0.667 bits per heavy atom. The highest BCUT2D eigenvalue weighted by Gasteiger charge is 2.38. The van der Waals surface area contributed by atoms with Gasteiger partial charge in [-0.15, -0.1) is 0 Å². The summed E-state index contributed by atoms with van der Waals surface area (Å²) in [6, 6.07) is -5.71. The number of amides is 2. The van der Waals surface area contributed by atoms with Gasteiger partial charge in [-0.05, 0) is 0 Å². The van der Waals surface area contributed by atoms with Crippen LogP contribution in [0, 0.1) is 0 Å². The molecule has 0 bridgehead atoms. The van der Waals surface area contributed by atoms with Crippen LogP contribution < -0.4 is 0 Å². The van der Waals surface area contributed by atoms with Crippen molar-refractivity contribution in [3.8, 4) is 0 Å². The van der Waals surface area contributed by atoms with Crippen LogP contribution in [0.3, 0.4) is 0 Å². The van der Waals surface area contributed by atoms with Crippen LogP contribution in [-0.4, -0.2) is 134 Å². The fourth-order valence-corrected chi connectivity index (χ4v) is 2.29. The third-order valence-corrected chi connectivity index (χ3v) is 3.70. The van der Waals surface area contributed by atoms with Crippen molar-refractivity contribution in [1.82, 2.24) is 9.80 Å². The molecule has 0 aliphatic heterocycles. The molecule has 0 heterocycles. The van der Waals surface area contributed by atoms with Crippen molar-refractivity contribution in [3.63, 3.8) is 0 Å². The van der Waals surface area contributed by atoms with Crippen molar-refractivity contribution in [3.05, 3.63) is 0 Å².